The number of thiophene rings is 1. The molecule has 0 aromatic carbocycles. The van der Waals surface area contributed by atoms with Crippen molar-refractivity contribution >= 4 is 21.4 Å². The van der Waals surface area contributed by atoms with E-state index in [1.807, 2.05) is 45.2 Å². The number of sulfonamides is 1. The summed E-state index contributed by atoms with van der Waals surface area (Å²) in [6.07, 6.45) is 3.27. The van der Waals surface area contributed by atoms with E-state index in [1.165, 1.54) is 11.3 Å². The number of hydrogen-bond acceptors (Lipinski definition) is 4. The maximum Gasteiger partial charge on any atom is 0.246 e. The molecule has 0 fully saturated rings. The molecule has 2 aromatic heterocycles. The van der Waals surface area contributed by atoms with Crippen molar-refractivity contribution in [2.75, 3.05) is 13.1 Å². The lowest BCUT2D eigenvalue weighted by molar-refractivity contribution is 0.410. The summed E-state index contributed by atoms with van der Waals surface area (Å²) in [5.74, 6) is 0. The third-order valence-corrected chi connectivity index (χ3v) is 6.32. The molecule has 2 rings (SSSR count). The Labute approximate surface area is 143 Å². The summed E-state index contributed by atoms with van der Waals surface area (Å²) in [4.78, 5) is 1.20. The lowest BCUT2D eigenvalue weighted by atomic mass is 10.3. The second-order valence-electron chi connectivity index (χ2n) is 5.80. The van der Waals surface area contributed by atoms with Gasteiger partial charge in [-0.3, -0.25) is 4.68 Å². The van der Waals surface area contributed by atoms with Crippen molar-refractivity contribution in [2.24, 2.45) is 0 Å². The Kier molecular flexibility index (Phi) is 6.00. The Bertz CT molecular complexity index is 713. The highest BCUT2D eigenvalue weighted by Gasteiger charge is 2.30. The van der Waals surface area contributed by atoms with Crippen LogP contribution in [0.5, 0.6) is 0 Å². The Hall–Kier alpha value is -1.18. The zero-order valence-corrected chi connectivity index (χ0v) is 15.8. The highest BCUT2D eigenvalue weighted by molar-refractivity contribution is 7.89. The van der Waals surface area contributed by atoms with Crippen molar-refractivity contribution in [3.05, 3.63) is 23.7 Å². The topological polar surface area (TPSA) is 55.2 Å². The van der Waals surface area contributed by atoms with Gasteiger partial charge in [0.05, 0.1) is 4.88 Å². The standard InChI is InChI=1S/C16H25N3O2S2/c1-5-9-18(10-6-2)23(20,21)15-12-19(13(3)4)17-16(15)14-8-7-11-22-14/h7-8,11-13H,5-6,9-10H2,1-4H3. The molecule has 0 aliphatic carbocycles. The predicted octanol–water partition coefficient (Wildman–Crippen LogP) is 4.00. The van der Waals surface area contributed by atoms with Gasteiger partial charge in [0.2, 0.25) is 10.0 Å². The lowest BCUT2D eigenvalue weighted by Crippen LogP contribution is -2.32. The van der Waals surface area contributed by atoms with Crippen LogP contribution in [0.25, 0.3) is 10.6 Å². The highest BCUT2D eigenvalue weighted by atomic mass is 32.2. The molecular formula is C16H25N3O2S2. The highest BCUT2D eigenvalue weighted by Crippen LogP contribution is 2.32. The van der Waals surface area contributed by atoms with Gasteiger partial charge in [-0.2, -0.15) is 9.40 Å². The molecular weight excluding hydrogens is 330 g/mol. The van der Waals surface area contributed by atoms with E-state index in [-0.39, 0.29) is 6.04 Å². The van der Waals surface area contributed by atoms with Crippen LogP contribution in [-0.2, 0) is 10.0 Å². The summed E-state index contributed by atoms with van der Waals surface area (Å²) < 4.78 is 29.6. The molecule has 0 aliphatic rings. The molecule has 0 radical (unpaired) electrons. The van der Waals surface area contributed by atoms with Gasteiger partial charge in [-0.25, -0.2) is 8.42 Å². The number of rotatable bonds is 8. The van der Waals surface area contributed by atoms with E-state index in [2.05, 4.69) is 5.10 Å². The van der Waals surface area contributed by atoms with Crippen LogP contribution < -0.4 is 0 Å². The molecule has 0 N–H and O–H groups in total. The second kappa shape index (κ2) is 7.59. The first-order valence-corrected chi connectivity index (χ1v) is 10.4. The van der Waals surface area contributed by atoms with Crippen molar-refractivity contribution in [1.82, 2.24) is 14.1 Å². The average Bonchev–Trinajstić information content (AvgIpc) is 3.15. The minimum Gasteiger partial charge on any atom is -0.268 e. The number of hydrogen-bond donors (Lipinski definition) is 0. The Morgan fingerprint density at radius 2 is 1.91 bits per heavy atom. The summed E-state index contributed by atoms with van der Waals surface area (Å²) in [7, 11) is -3.54. The molecule has 0 saturated carbocycles. The van der Waals surface area contributed by atoms with Crippen LogP contribution in [0.3, 0.4) is 0 Å². The molecule has 0 amide bonds. The van der Waals surface area contributed by atoms with Gasteiger partial charge in [0.25, 0.3) is 0 Å². The summed E-state index contributed by atoms with van der Waals surface area (Å²) in [5, 5.41) is 6.48. The van der Waals surface area contributed by atoms with E-state index in [9.17, 15) is 8.42 Å². The number of aromatic nitrogens is 2. The largest absolute Gasteiger partial charge is 0.268 e. The molecule has 23 heavy (non-hydrogen) atoms. The maximum absolute atomic E-state index is 13.1. The summed E-state index contributed by atoms with van der Waals surface area (Å²) >= 11 is 1.51. The van der Waals surface area contributed by atoms with Crippen LogP contribution in [-0.4, -0.2) is 35.6 Å². The zero-order valence-electron chi connectivity index (χ0n) is 14.2. The maximum atomic E-state index is 13.1. The van der Waals surface area contributed by atoms with Crippen LogP contribution >= 0.6 is 11.3 Å². The van der Waals surface area contributed by atoms with Crippen LogP contribution in [0.2, 0.25) is 0 Å². The smallest absolute Gasteiger partial charge is 0.246 e. The first kappa shape index (κ1) is 18.2. The van der Waals surface area contributed by atoms with Crippen molar-refractivity contribution in [2.45, 2.75) is 51.5 Å². The van der Waals surface area contributed by atoms with E-state index in [1.54, 1.807) is 15.2 Å². The average molecular weight is 356 g/mol. The van der Waals surface area contributed by atoms with Gasteiger partial charge in [-0.05, 0) is 38.1 Å². The third kappa shape index (κ3) is 3.84. The van der Waals surface area contributed by atoms with E-state index in [0.717, 1.165) is 17.7 Å². The first-order valence-electron chi connectivity index (χ1n) is 8.05. The Morgan fingerprint density at radius 3 is 2.39 bits per heavy atom. The first-order chi connectivity index (χ1) is 10.9. The van der Waals surface area contributed by atoms with E-state index in [0.29, 0.717) is 23.7 Å². The van der Waals surface area contributed by atoms with Gasteiger partial charge in [-0.15, -0.1) is 11.3 Å². The van der Waals surface area contributed by atoms with Gasteiger partial charge < -0.3 is 0 Å². The monoisotopic (exact) mass is 355 g/mol. The molecule has 2 aromatic rings. The summed E-state index contributed by atoms with van der Waals surface area (Å²) in [6, 6.07) is 3.95. The second-order valence-corrected chi connectivity index (χ2v) is 8.65. The molecule has 7 heteroatoms. The molecule has 128 valence electrons. The van der Waals surface area contributed by atoms with Crippen LogP contribution in [0.4, 0.5) is 0 Å². The molecule has 0 unspecified atom stereocenters. The molecule has 0 atom stereocenters. The van der Waals surface area contributed by atoms with Crippen molar-refractivity contribution in [3.8, 4) is 10.6 Å². The van der Waals surface area contributed by atoms with Gasteiger partial charge in [0.15, 0.2) is 0 Å². The van der Waals surface area contributed by atoms with E-state index >= 15 is 0 Å². The Morgan fingerprint density at radius 1 is 1.26 bits per heavy atom. The van der Waals surface area contributed by atoms with Gasteiger partial charge in [-0.1, -0.05) is 19.9 Å². The minimum atomic E-state index is -3.54. The zero-order chi connectivity index (χ0) is 17.0. The van der Waals surface area contributed by atoms with Crippen LogP contribution in [0.1, 0.15) is 46.6 Å². The molecule has 0 saturated heterocycles. The predicted molar refractivity (Wildman–Crippen MR) is 95.3 cm³/mol. The molecule has 2 heterocycles. The fourth-order valence-corrected chi connectivity index (χ4v) is 4.95. The van der Waals surface area contributed by atoms with Crippen LogP contribution in [0.15, 0.2) is 28.6 Å². The SMILES string of the molecule is CCCN(CCC)S(=O)(=O)c1cn(C(C)C)nc1-c1cccs1. The van der Waals surface area contributed by atoms with E-state index < -0.39 is 10.0 Å². The van der Waals surface area contributed by atoms with Gasteiger partial charge in [0, 0.05) is 25.3 Å². The molecule has 0 spiro atoms. The summed E-state index contributed by atoms with van der Waals surface area (Å²) in [6.45, 7) is 9.06. The van der Waals surface area contributed by atoms with E-state index in [4.69, 9.17) is 0 Å². The number of nitrogens with zero attached hydrogens (tertiary/aromatic N) is 3. The molecule has 5 nitrogen and oxygen atoms in total. The summed E-state index contributed by atoms with van der Waals surface area (Å²) in [5.41, 5.74) is 0.561. The fourth-order valence-electron chi connectivity index (χ4n) is 2.40. The van der Waals surface area contributed by atoms with Crippen molar-refractivity contribution in [3.63, 3.8) is 0 Å². The van der Waals surface area contributed by atoms with Crippen molar-refractivity contribution < 1.29 is 8.42 Å². The van der Waals surface area contributed by atoms with Crippen LogP contribution in [0, 0.1) is 0 Å². The van der Waals surface area contributed by atoms with Gasteiger partial charge >= 0.3 is 0 Å². The molecule has 0 bridgehead atoms. The Balaban J connectivity index is 2.56. The van der Waals surface area contributed by atoms with Crippen molar-refractivity contribution in [1.29, 1.82) is 0 Å². The molecule has 0 aliphatic heterocycles. The lowest BCUT2D eigenvalue weighted by Gasteiger charge is -2.20. The quantitative estimate of drug-likeness (QED) is 0.719. The minimum absolute atomic E-state index is 0.114. The normalized spacial score (nSPS) is 12.4. The van der Waals surface area contributed by atoms with Gasteiger partial charge in [0.1, 0.15) is 10.6 Å². The fraction of sp³-hybridized carbons (Fsp3) is 0.562. The third-order valence-electron chi connectivity index (χ3n) is 3.55.